The van der Waals surface area contributed by atoms with E-state index in [1.807, 2.05) is 26.0 Å². The van der Waals surface area contributed by atoms with Gasteiger partial charge in [0.15, 0.2) is 5.78 Å². The van der Waals surface area contributed by atoms with E-state index in [0.29, 0.717) is 21.2 Å². The van der Waals surface area contributed by atoms with Crippen molar-refractivity contribution < 1.29 is 4.79 Å². The fraction of sp³-hybridized carbons (Fsp3) is 0.133. The van der Waals surface area contributed by atoms with Gasteiger partial charge in [0.1, 0.15) is 0 Å². The number of ketones is 1. The molecule has 0 atom stereocenters. The molecule has 0 heterocycles. The van der Waals surface area contributed by atoms with Crippen LogP contribution in [0.2, 0.25) is 10.0 Å². The SMILES string of the molecule is Cc1cc(C(=O)c2cc(Cl)cc(Cl)c2)c(C)cc1Br. The maximum absolute atomic E-state index is 12.5. The zero-order chi connectivity index (χ0) is 14.2. The lowest BCUT2D eigenvalue weighted by Crippen LogP contribution is -2.04. The van der Waals surface area contributed by atoms with Crippen LogP contribution in [-0.2, 0) is 0 Å². The number of hydrogen-bond acceptors (Lipinski definition) is 1. The second-order valence-corrected chi connectivity index (χ2v) is 6.13. The van der Waals surface area contributed by atoms with E-state index in [1.165, 1.54) is 0 Å². The number of hydrogen-bond donors (Lipinski definition) is 0. The Morgan fingerprint density at radius 2 is 1.53 bits per heavy atom. The Balaban J connectivity index is 2.53. The summed E-state index contributed by atoms with van der Waals surface area (Å²) in [6, 6.07) is 8.68. The number of halogens is 3. The largest absolute Gasteiger partial charge is 0.289 e. The summed E-state index contributed by atoms with van der Waals surface area (Å²) in [5.74, 6) is -0.0718. The van der Waals surface area contributed by atoms with Crippen LogP contribution in [-0.4, -0.2) is 5.78 Å². The molecule has 4 heteroatoms. The lowest BCUT2D eigenvalue weighted by molar-refractivity contribution is 0.103. The second kappa shape index (κ2) is 5.66. The molecular formula is C15H11BrCl2O. The van der Waals surface area contributed by atoms with E-state index in [-0.39, 0.29) is 5.78 Å². The molecule has 0 N–H and O–H groups in total. The van der Waals surface area contributed by atoms with Crippen LogP contribution in [0.25, 0.3) is 0 Å². The molecule has 0 spiro atoms. The fourth-order valence-corrected chi connectivity index (χ4v) is 2.85. The van der Waals surface area contributed by atoms with E-state index >= 15 is 0 Å². The number of aryl methyl sites for hydroxylation is 2. The summed E-state index contributed by atoms with van der Waals surface area (Å²) >= 11 is 15.3. The van der Waals surface area contributed by atoms with Gasteiger partial charge in [-0.1, -0.05) is 39.1 Å². The zero-order valence-electron chi connectivity index (χ0n) is 10.4. The number of carbonyl (C=O) groups is 1. The van der Waals surface area contributed by atoms with Crippen LogP contribution in [0.5, 0.6) is 0 Å². The maximum Gasteiger partial charge on any atom is 0.193 e. The molecule has 98 valence electrons. The van der Waals surface area contributed by atoms with Gasteiger partial charge < -0.3 is 0 Å². The Kier molecular flexibility index (Phi) is 4.34. The van der Waals surface area contributed by atoms with Gasteiger partial charge in [0.2, 0.25) is 0 Å². The topological polar surface area (TPSA) is 17.1 Å². The van der Waals surface area contributed by atoms with Crippen LogP contribution in [0, 0.1) is 13.8 Å². The van der Waals surface area contributed by atoms with Crippen molar-refractivity contribution in [2.24, 2.45) is 0 Å². The zero-order valence-corrected chi connectivity index (χ0v) is 13.5. The van der Waals surface area contributed by atoms with E-state index < -0.39 is 0 Å². The van der Waals surface area contributed by atoms with Crippen molar-refractivity contribution in [2.75, 3.05) is 0 Å². The Hall–Kier alpha value is -0.830. The van der Waals surface area contributed by atoms with Gasteiger partial charge in [-0.2, -0.15) is 0 Å². The fourth-order valence-electron chi connectivity index (χ4n) is 1.87. The first-order valence-corrected chi connectivity index (χ1v) is 7.21. The standard InChI is InChI=1S/C15H11BrCl2O/c1-8-4-14(16)9(2)3-13(8)15(19)10-5-11(17)7-12(18)6-10/h3-7H,1-2H3. The average Bonchev–Trinajstić information content (AvgIpc) is 2.31. The molecule has 0 saturated heterocycles. The van der Waals surface area contributed by atoms with Gasteiger partial charge in [-0.05, 0) is 55.3 Å². The normalized spacial score (nSPS) is 10.6. The van der Waals surface area contributed by atoms with Gasteiger partial charge in [-0.15, -0.1) is 0 Å². The predicted molar refractivity (Wildman–Crippen MR) is 83.5 cm³/mol. The monoisotopic (exact) mass is 356 g/mol. The van der Waals surface area contributed by atoms with E-state index in [9.17, 15) is 4.79 Å². The van der Waals surface area contributed by atoms with Gasteiger partial charge in [0.05, 0.1) is 0 Å². The summed E-state index contributed by atoms with van der Waals surface area (Å²) in [4.78, 5) is 12.5. The summed E-state index contributed by atoms with van der Waals surface area (Å²) in [6.45, 7) is 3.86. The first-order valence-electron chi connectivity index (χ1n) is 5.66. The van der Waals surface area contributed by atoms with Crippen LogP contribution >= 0.6 is 39.1 Å². The molecule has 2 rings (SSSR count). The van der Waals surface area contributed by atoms with Crippen molar-refractivity contribution in [2.45, 2.75) is 13.8 Å². The van der Waals surface area contributed by atoms with Gasteiger partial charge in [0, 0.05) is 25.6 Å². The molecule has 0 bridgehead atoms. The van der Waals surface area contributed by atoms with Crippen molar-refractivity contribution in [3.63, 3.8) is 0 Å². The van der Waals surface area contributed by atoms with E-state index in [1.54, 1.807) is 18.2 Å². The summed E-state index contributed by atoms with van der Waals surface area (Å²) < 4.78 is 0.991. The number of rotatable bonds is 2. The third-order valence-corrected chi connectivity index (χ3v) is 4.17. The highest BCUT2D eigenvalue weighted by molar-refractivity contribution is 9.10. The molecule has 0 fully saturated rings. The van der Waals surface area contributed by atoms with Gasteiger partial charge in [-0.25, -0.2) is 0 Å². The van der Waals surface area contributed by atoms with Crippen LogP contribution in [0.3, 0.4) is 0 Å². The molecule has 1 nitrogen and oxygen atoms in total. The minimum atomic E-state index is -0.0718. The van der Waals surface area contributed by atoms with Crippen LogP contribution in [0.1, 0.15) is 27.0 Å². The van der Waals surface area contributed by atoms with Crippen molar-refractivity contribution in [3.8, 4) is 0 Å². The van der Waals surface area contributed by atoms with E-state index in [0.717, 1.165) is 15.6 Å². The van der Waals surface area contributed by atoms with Gasteiger partial charge in [0.25, 0.3) is 0 Å². The molecule has 0 saturated carbocycles. The first kappa shape index (κ1) is 14.6. The Bertz CT molecular complexity index is 645. The lowest BCUT2D eigenvalue weighted by Gasteiger charge is -2.09. The Morgan fingerprint density at radius 1 is 0.947 bits per heavy atom. The minimum Gasteiger partial charge on any atom is -0.289 e. The van der Waals surface area contributed by atoms with Crippen LogP contribution in [0.15, 0.2) is 34.8 Å². The lowest BCUT2D eigenvalue weighted by atomic mass is 9.97. The van der Waals surface area contributed by atoms with Crippen molar-refractivity contribution in [1.29, 1.82) is 0 Å². The molecule has 0 aliphatic carbocycles. The molecule has 2 aromatic rings. The molecule has 0 unspecified atom stereocenters. The molecule has 0 amide bonds. The van der Waals surface area contributed by atoms with Crippen LogP contribution in [0.4, 0.5) is 0 Å². The molecule has 0 aromatic heterocycles. The molecule has 0 radical (unpaired) electrons. The number of carbonyl (C=O) groups excluding carboxylic acids is 1. The van der Waals surface area contributed by atoms with Crippen LogP contribution < -0.4 is 0 Å². The maximum atomic E-state index is 12.5. The van der Waals surface area contributed by atoms with Crippen molar-refractivity contribution >= 4 is 44.9 Å². The molecule has 0 aliphatic rings. The number of benzene rings is 2. The molecular weight excluding hydrogens is 347 g/mol. The summed E-state index contributed by atoms with van der Waals surface area (Å²) in [5.41, 5.74) is 3.10. The highest BCUT2D eigenvalue weighted by Gasteiger charge is 2.14. The third-order valence-electron chi connectivity index (χ3n) is 2.87. The molecule has 0 aliphatic heterocycles. The quantitative estimate of drug-likeness (QED) is 0.639. The molecule has 19 heavy (non-hydrogen) atoms. The van der Waals surface area contributed by atoms with Gasteiger partial charge in [-0.3, -0.25) is 4.79 Å². The molecule has 2 aromatic carbocycles. The highest BCUT2D eigenvalue weighted by atomic mass is 79.9. The Labute approximate surface area is 130 Å². The predicted octanol–water partition coefficient (Wildman–Crippen LogP) is 5.60. The minimum absolute atomic E-state index is 0.0718. The van der Waals surface area contributed by atoms with Crippen molar-refractivity contribution in [3.05, 3.63) is 67.1 Å². The van der Waals surface area contributed by atoms with Crippen molar-refractivity contribution in [1.82, 2.24) is 0 Å². The Morgan fingerprint density at radius 3 is 2.11 bits per heavy atom. The van der Waals surface area contributed by atoms with E-state index in [2.05, 4.69) is 15.9 Å². The third kappa shape index (κ3) is 3.19. The average molecular weight is 358 g/mol. The summed E-state index contributed by atoms with van der Waals surface area (Å²) in [7, 11) is 0. The highest BCUT2D eigenvalue weighted by Crippen LogP contribution is 2.25. The summed E-state index contributed by atoms with van der Waals surface area (Å²) in [5, 5.41) is 0.921. The smallest absolute Gasteiger partial charge is 0.193 e. The summed E-state index contributed by atoms with van der Waals surface area (Å²) in [6.07, 6.45) is 0. The second-order valence-electron chi connectivity index (χ2n) is 4.40. The first-order chi connectivity index (χ1) is 8.88. The van der Waals surface area contributed by atoms with E-state index in [4.69, 9.17) is 23.2 Å². The van der Waals surface area contributed by atoms with Gasteiger partial charge >= 0.3 is 0 Å².